The smallest absolute Gasteiger partial charge is 0.321 e. The second-order valence-corrected chi connectivity index (χ2v) is 9.75. The summed E-state index contributed by atoms with van der Waals surface area (Å²) >= 11 is 5.75. The fraction of sp³-hybridized carbons (Fsp3) is 0.526. The van der Waals surface area contributed by atoms with Crippen LogP contribution in [0.5, 0.6) is 0 Å². The number of esters is 1. The average Bonchev–Trinajstić information content (AvgIpc) is 2.68. The van der Waals surface area contributed by atoms with E-state index in [0.29, 0.717) is 10.9 Å². The lowest BCUT2D eigenvalue weighted by Crippen LogP contribution is -2.48. The first-order valence-electron chi connectivity index (χ1n) is 9.57. The maximum atomic E-state index is 12.4. The summed E-state index contributed by atoms with van der Waals surface area (Å²) in [6.45, 7) is 0.758. The normalized spacial score (nSPS) is 19.2. The highest BCUT2D eigenvalue weighted by Gasteiger charge is 2.25. The van der Waals surface area contributed by atoms with Crippen LogP contribution in [0, 0.1) is 5.92 Å². The van der Waals surface area contributed by atoms with Gasteiger partial charge in [0.25, 0.3) is 5.91 Å². The Hall–Kier alpha value is -2.17. The van der Waals surface area contributed by atoms with Gasteiger partial charge < -0.3 is 10.1 Å². The minimum atomic E-state index is -3.92. The summed E-state index contributed by atoms with van der Waals surface area (Å²) in [5, 5.41) is 5.24. The van der Waals surface area contributed by atoms with E-state index < -0.39 is 41.1 Å². The number of nitrogens with zero attached hydrogens (tertiary/aromatic N) is 1. The van der Waals surface area contributed by atoms with E-state index in [1.807, 2.05) is 6.92 Å². The Kier molecular flexibility index (Phi) is 8.63. The van der Waals surface area contributed by atoms with Crippen LogP contribution in [0.15, 0.2) is 29.2 Å². The van der Waals surface area contributed by atoms with Crippen LogP contribution in [-0.2, 0) is 24.3 Å². The molecule has 2 N–H and O–H groups in total. The molecule has 1 aliphatic carbocycles. The zero-order valence-corrected chi connectivity index (χ0v) is 18.5. The summed E-state index contributed by atoms with van der Waals surface area (Å²) in [6, 6.07) is 4.84. The molecule has 1 aromatic carbocycles. The Labute approximate surface area is 181 Å². The van der Waals surface area contributed by atoms with Crippen LogP contribution in [0.2, 0.25) is 5.02 Å². The highest BCUT2D eigenvalue weighted by Crippen LogP contribution is 2.23. The molecule has 0 aromatic heterocycles. The number of nitrogens with one attached hydrogen (secondary N) is 2. The quantitative estimate of drug-likeness (QED) is 0.600. The Morgan fingerprint density at radius 3 is 2.43 bits per heavy atom. The first kappa shape index (κ1) is 24.1. The fourth-order valence-corrected chi connectivity index (χ4v) is 4.38. The molecule has 0 saturated heterocycles. The van der Waals surface area contributed by atoms with Crippen LogP contribution in [0.4, 0.5) is 4.79 Å². The number of urea groups is 1. The molecule has 0 radical (unpaired) electrons. The summed E-state index contributed by atoms with van der Waals surface area (Å²) in [6.07, 6.45) is 4.01. The molecule has 2 atom stereocenters. The molecule has 166 valence electrons. The molecule has 0 heterocycles. The summed E-state index contributed by atoms with van der Waals surface area (Å²) < 4.78 is 30.4. The standard InChI is InChI=1S/C19H26ClN3O6S/c1-13-5-3-4-6-16(13)21-19(26)22-17(24)12-29-18(25)11-23(2)30(27,28)15-9-7-14(20)8-10-15/h7-10,13,16H,3-6,11-12H2,1-2H3,(H2,21,22,24,26). The molecule has 0 aliphatic heterocycles. The van der Waals surface area contributed by atoms with Crippen molar-refractivity contribution in [2.75, 3.05) is 20.2 Å². The molecule has 30 heavy (non-hydrogen) atoms. The van der Waals surface area contributed by atoms with Crippen molar-refractivity contribution in [1.82, 2.24) is 14.9 Å². The summed E-state index contributed by atoms with van der Waals surface area (Å²) in [7, 11) is -2.71. The molecule has 2 unspecified atom stereocenters. The van der Waals surface area contributed by atoms with E-state index in [1.165, 1.54) is 31.3 Å². The second kappa shape index (κ2) is 10.7. The molecular formula is C19H26ClN3O6S. The number of carbonyl (C=O) groups is 3. The predicted octanol–water partition coefficient (Wildman–Crippen LogP) is 1.91. The summed E-state index contributed by atoms with van der Waals surface area (Å²) in [4.78, 5) is 35.6. The fourth-order valence-electron chi connectivity index (χ4n) is 3.14. The topological polar surface area (TPSA) is 122 Å². The number of likely N-dealkylation sites (N-methyl/N-ethyl adjacent to an activating group) is 1. The lowest BCUT2D eigenvalue weighted by atomic mass is 9.86. The third kappa shape index (κ3) is 6.96. The number of halogens is 1. The molecule has 2 rings (SSSR count). The van der Waals surface area contributed by atoms with Gasteiger partial charge in [-0.1, -0.05) is 31.4 Å². The maximum absolute atomic E-state index is 12.4. The zero-order chi connectivity index (χ0) is 22.3. The van der Waals surface area contributed by atoms with E-state index in [4.69, 9.17) is 16.3 Å². The van der Waals surface area contributed by atoms with Crippen LogP contribution < -0.4 is 10.6 Å². The zero-order valence-electron chi connectivity index (χ0n) is 16.9. The molecule has 1 fully saturated rings. The molecule has 11 heteroatoms. The van der Waals surface area contributed by atoms with Crippen molar-refractivity contribution >= 4 is 39.5 Å². The van der Waals surface area contributed by atoms with Gasteiger partial charge in [0, 0.05) is 18.1 Å². The molecule has 1 aromatic rings. The van der Waals surface area contributed by atoms with Crippen LogP contribution in [-0.4, -0.2) is 56.9 Å². The van der Waals surface area contributed by atoms with Crippen molar-refractivity contribution < 1.29 is 27.5 Å². The van der Waals surface area contributed by atoms with E-state index >= 15 is 0 Å². The summed E-state index contributed by atoms with van der Waals surface area (Å²) in [5.41, 5.74) is 0. The Bertz CT molecular complexity index is 875. The average molecular weight is 460 g/mol. The van der Waals surface area contributed by atoms with Crippen molar-refractivity contribution in [3.63, 3.8) is 0 Å². The van der Waals surface area contributed by atoms with Gasteiger partial charge in [-0.05, 0) is 43.0 Å². The lowest BCUT2D eigenvalue weighted by molar-refractivity contribution is -0.148. The number of imide groups is 1. The molecule has 0 bridgehead atoms. The molecule has 0 spiro atoms. The molecule has 3 amide bonds. The molecule has 1 aliphatic rings. The minimum Gasteiger partial charge on any atom is -0.455 e. The van der Waals surface area contributed by atoms with Gasteiger partial charge >= 0.3 is 12.0 Å². The number of hydrogen-bond donors (Lipinski definition) is 2. The van der Waals surface area contributed by atoms with E-state index in [0.717, 1.165) is 30.0 Å². The van der Waals surface area contributed by atoms with Gasteiger partial charge in [-0.2, -0.15) is 4.31 Å². The van der Waals surface area contributed by atoms with Crippen molar-refractivity contribution in [3.8, 4) is 0 Å². The van der Waals surface area contributed by atoms with Gasteiger partial charge in [-0.3, -0.25) is 14.9 Å². The maximum Gasteiger partial charge on any atom is 0.321 e. The largest absolute Gasteiger partial charge is 0.455 e. The van der Waals surface area contributed by atoms with Gasteiger partial charge in [0.05, 0.1) is 4.90 Å². The van der Waals surface area contributed by atoms with E-state index in [-0.39, 0.29) is 10.9 Å². The highest BCUT2D eigenvalue weighted by molar-refractivity contribution is 7.89. The molecule has 1 saturated carbocycles. The van der Waals surface area contributed by atoms with Crippen molar-refractivity contribution in [2.45, 2.75) is 43.5 Å². The third-order valence-electron chi connectivity index (χ3n) is 4.92. The highest BCUT2D eigenvalue weighted by atomic mass is 35.5. The number of rotatable bonds is 7. The monoisotopic (exact) mass is 459 g/mol. The Morgan fingerprint density at radius 1 is 1.17 bits per heavy atom. The van der Waals surface area contributed by atoms with Crippen molar-refractivity contribution in [1.29, 1.82) is 0 Å². The minimum absolute atomic E-state index is 0.000763. The number of benzene rings is 1. The van der Waals surface area contributed by atoms with Gasteiger partial charge in [0.2, 0.25) is 10.0 Å². The number of ether oxygens (including phenoxy) is 1. The van der Waals surface area contributed by atoms with Crippen LogP contribution >= 0.6 is 11.6 Å². The number of hydrogen-bond acceptors (Lipinski definition) is 6. The lowest BCUT2D eigenvalue weighted by Gasteiger charge is -2.29. The Balaban J connectivity index is 1.77. The van der Waals surface area contributed by atoms with Crippen LogP contribution in [0.1, 0.15) is 32.6 Å². The van der Waals surface area contributed by atoms with E-state index in [2.05, 4.69) is 10.6 Å². The summed E-state index contributed by atoms with van der Waals surface area (Å²) in [5.74, 6) is -1.39. The van der Waals surface area contributed by atoms with E-state index in [9.17, 15) is 22.8 Å². The van der Waals surface area contributed by atoms with Crippen molar-refractivity contribution in [2.24, 2.45) is 5.92 Å². The van der Waals surface area contributed by atoms with Gasteiger partial charge in [0.15, 0.2) is 6.61 Å². The first-order chi connectivity index (χ1) is 14.1. The molecular weight excluding hydrogens is 434 g/mol. The number of amides is 3. The second-order valence-electron chi connectivity index (χ2n) is 7.27. The molecule has 9 nitrogen and oxygen atoms in total. The predicted molar refractivity (Wildman–Crippen MR) is 110 cm³/mol. The number of sulfonamides is 1. The van der Waals surface area contributed by atoms with E-state index in [1.54, 1.807) is 0 Å². The van der Waals surface area contributed by atoms with Gasteiger partial charge in [-0.25, -0.2) is 13.2 Å². The van der Waals surface area contributed by atoms with Crippen LogP contribution in [0.3, 0.4) is 0 Å². The third-order valence-corrected chi connectivity index (χ3v) is 6.99. The number of carbonyl (C=O) groups excluding carboxylic acids is 3. The van der Waals surface area contributed by atoms with Crippen LogP contribution in [0.25, 0.3) is 0 Å². The Morgan fingerprint density at radius 2 is 1.80 bits per heavy atom. The SMILES string of the molecule is CC1CCCCC1NC(=O)NC(=O)COC(=O)CN(C)S(=O)(=O)c1ccc(Cl)cc1. The first-order valence-corrected chi connectivity index (χ1v) is 11.4. The van der Waals surface area contributed by atoms with Gasteiger partial charge in [-0.15, -0.1) is 0 Å². The van der Waals surface area contributed by atoms with Gasteiger partial charge in [0.1, 0.15) is 6.54 Å². The van der Waals surface area contributed by atoms with Crippen molar-refractivity contribution in [3.05, 3.63) is 29.3 Å².